The molecule has 3 heterocycles. The molecule has 0 aromatic heterocycles. The van der Waals surface area contributed by atoms with Crippen LogP contribution < -0.4 is 34.0 Å². The Hall–Kier alpha value is -0.600. The highest BCUT2D eigenvalue weighted by Crippen LogP contribution is 2.38. The van der Waals surface area contributed by atoms with E-state index in [0.29, 0.717) is 12.8 Å². The minimum Gasteiger partial charge on any atom is -0.394 e. The van der Waals surface area contributed by atoms with Crippen molar-refractivity contribution in [3.05, 3.63) is 0 Å². The van der Waals surface area contributed by atoms with E-state index in [-0.39, 0.29) is 31.2 Å². The third kappa shape index (κ3) is 6.64. The van der Waals surface area contributed by atoms with Crippen LogP contribution in [-0.2, 0) is 23.7 Å². The normalized spacial score (nSPS) is 51.1. The number of hydrogen-bond acceptors (Lipinski definition) is 15. The zero-order valence-corrected chi connectivity index (χ0v) is 23.3. The Morgan fingerprint density at radius 3 is 2.23 bits per heavy atom. The summed E-state index contributed by atoms with van der Waals surface area (Å²) in [5.74, 6) is -0.560. The van der Waals surface area contributed by atoms with Crippen molar-refractivity contribution in [1.82, 2.24) is 5.32 Å². The Labute approximate surface area is 234 Å². The van der Waals surface area contributed by atoms with E-state index in [4.69, 9.17) is 52.4 Å². The molecular formula is C25H50N6O9. The minimum absolute atomic E-state index is 0.0651. The van der Waals surface area contributed by atoms with E-state index in [0.717, 1.165) is 6.42 Å². The molecule has 1 saturated carbocycles. The van der Waals surface area contributed by atoms with Gasteiger partial charge >= 0.3 is 0 Å². The molecule has 0 bridgehead atoms. The molecule has 0 aromatic carbocycles. The molecule has 0 radical (unpaired) electrons. The lowest BCUT2D eigenvalue weighted by atomic mass is 9.72. The van der Waals surface area contributed by atoms with Crippen LogP contribution in [-0.4, -0.2) is 138 Å². The van der Waals surface area contributed by atoms with Crippen molar-refractivity contribution in [2.45, 2.75) is 130 Å². The third-order valence-electron chi connectivity index (χ3n) is 9.03. The van der Waals surface area contributed by atoms with Crippen LogP contribution in [0.4, 0.5) is 0 Å². The summed E-state index contributed by atoms with van der Waals surface area (Å²) in [6.07, 6.45) is -8.16. The summed E-state index contributed by atoms with van der Waals surface area (Å²) in [6, 6.07) is -2.40. The van der Waals surface area contributed by atoms with Gasteiger partial charge in [0.1, 0.15) is 18.3 Å². The molecule has 4 fully saturated rings. The molecule has 40 heavy (non-hydrogen) atoms. The zero-order valence-electron chi connectivity index (χ0n) is 23.3. The van der Waals surface area contributed by atoms with Crippen molar-refractivity contribution in [3.63, 3.8) is 0 Å². The first kappa shape index (κ1) is 32.3. The predicted molar refractivity (Wildman–Crippen MR) is 142 cm³/mol. The second kappa shape index (κ2) is 13.8. The summed E-state index contributed by atoms with van der Waals surface area (Å²) >= 11 is 0. The summed E-state index contributed by atoms with van der Waals surface area (Å²) in [7, 11) is 1.86. The number of nitrogens with two attached hydrogens (primary N) is 5. The number of hydrogen-bond donors (Lipinski definition) is 10. The highest BCUT2D eigenvalue weighted by Gasteiger charge is 2.54. The van der Waals surface area contributed by atoms with Gasteiger partial charge in [-0.2, -0.15) is 0 Å². The number of likely N-dealkylation sites (N-methyl/N-ethyl adjacent to an activating group) is 1. The Bertz CT molecular complexity index is 806. The van der Waals surface area contributed by atoms with Crippen LogP contribution in [0, 0.1) is 5.92 Å². The van der Waals surface area contributed by atoms with Crippen LogP contribution in [0.25, 0.3) is 0 Å². The quantitative estimate of drug-likeness (QED) is 0.123. The Morgan fingerprint density at radius 2 is 1.57 bits per heavy atom. The molecular weight excluding hydrogens is 528 g/mol. The summed E-state index contributed by atoms with van der Waals surface area (Å²) in [5.41, 5.74) is 31.1. The monoisotopic (exact) mass is 578 g/mol. The molecule has 0 amide bonds. The number of aliphatic hydroxyl groups excluding tert-OH is 4. The lowest BCUT2D eigenvalue weighted by Crippen LogP contribution is -2.67. The van der Waals surface area contributed by atoms with Gasteiger partial charge in [-0.15, -0.1) is 0 Å². The minimum atomic E-state index is -1.41. The fourth-order valence-corrected chi connectivity index (χ4v) is 6.41. The van der Waals surface area contributed by atoms with Gasteiger partial charge in [0.05, 0.1) is 49.3 Å². The molecule has 15 N–H and O–H groups in total. The van der Waals surface area contributed by atoms with E-state index in [9.17, 15) is 20.4 Å². The lowest BCUT2D eigenvalue weighted by Gasteiger charge is -2.50. The molecule has 4 aliphatic rings. The molecule has 3 aliphatic heterocycles. The largest absolute Gasteiger partial charge is 0.394 e. The van der Waals surface area contributed by atoms with Crippen LogP contribution in [0.2, 0.25) is 0 Å². The molecule has 0 spiro atoms. The Kier molecular flexibility index (Phi) is 11.1. The molecule has 2 unspecified atom stereocenters. The van der Waals surface area contributed by atoms with Crippen molar-refractivity contribution >= 4 is 0 Å². The summed E-state index contributed by atoms with van der Waals surface area (Å²) in [5, 5.41) is 45.9. The molecule has 3 saturated heterocycles. The summed E-state index contributed by atoms with van der Waals surface area (Å²) in [4.78, 5) is 0. The Balaban J connectivity index is 1.52. The molecule has 15 nitrogen and oxygen atoms in total. The van der Waals surface area contributed by atoms with Gasteiger partial charge in [0.25, 0.3) is 0 Å². The van der Waals surface area contributed by atoms with Crippen molar-refractivity contribution in [1.29, 1.82) is 0 Å². The predicted octanol–water partition coefficient (Wildman–Crippen LogP) is -4.89. The first-order valence-corrected chi connectivity index (χ1v) is 14.3. The van der Waals surface area contributed by atoms with E-state index >= 15 is 0 Å². The van der Waals surface area contributed by atoms with Crippen LogP contribution in [0.15, 0.2) is 0 Å². The SMILES string of the molecule is CN[C@@H](C)C1CC[C@@H](N)C([C@H]2[C@H](O[C@@H]3O[C@H](CO)[C@@H](O[C@H]4O[C@@H](CN)C[C@H](O)[C@H]4N)[C@H]3O)[C@@H](O)[C@H](N)C[C@@H]2N)O1. The number of aliphatic hydroxyl groups is 4. The van der Waals surface area contributed by atoms with Crippen molar-refractivity contribution < 1.29 is 44.1 Å². The second-order valence-electron chi connectivity index (χ2n) is 11.7. The molecule has 234 valence electrons. The summed E-state index contributed by atoms with van der Waals surface area (Å²) in [6.45, 7) is 1.65. The highest BCUT2D eigenvalue weighted by atomic mass is 16.7. The smallest absolute Gasteiger partial charge is 0.187 e. The van der Waals surface area contributed by atoms with Crippen molar-refractivity contribution in [2.24, 2.45) is 34.6 Å². The van der Waals surface area contributed by atoms with E-state index in [2.05, 4.69) is 5.32 Å². The van der Waals surface area contributed by atoms with E-state index < -0.39 is 92.1 Å². The number of nitrogens with one attached hydrogen (secondary N) is 1. The van der Waals surface area contributed by atoms with Gasteiger partial charge in [0.2, 0.25) is 0 Å². The van der Waals surface area contributed by atoms with Gasteiger partial charge in [-0.05, 0) is 33.2 Å². The van der Waals surface area contributed by atoms with Gasteiger partial charge in [0.15, 0.2) is 12.6 Å². The zero-order chi connectivity index (χ0) is 29.3. The highest BCUT2D eigenvalue weighted by molar-refractivity contribution is 5.05. The Morgan fingerprint density at radius 1 is 0.875 bits per heavy atom. The maximum Gasteiger partial charge on any atom is 0.187 e. The molecule has 1 aliphatic carbocycles. The van der Waals surface area contributed by atoms with Crippen LogP contribution in [0.5, 0.6) is 0 Å². The lowest BCUT2D eigenvalue weighted by molar-refractivity contribution is -0.257. The van der Waals surface area contributed by atoms with Crippen LogP contribution >= 0.6 is 0 Å². The fraction of sp³-hybridized carbons (Fsp3) is 1.00. The average molecular weight is 579 g/mol. The van der Waals surface area contributed by atoms with Gasteiger partial charge in [-0.3, -0.25) is 0 Å². The first-order chi connectivity index (χ1) is 19.0. The van der Waals surface area contributed by atoms with E-state index in [1.54, 1.807) is 0 Å². The third-order valence-corrected chi connectivity index (χ3v) is 9.03. The van der Waals surface area contributed by atoms with Gasteiger partial charge in [-0.1, -0.05) is 0 Å². The molecule has 0 aromatic rings. The average Bonchev–Trinajstić information content (AvgIpc) is 3.23. The molecule has 17 atom stereocenters. The van der Waals surface area contributed by atoms with Gasteiger partial charge in [0, 0.05) is 43.1 Å². The first-order valence-electron chi connectivity index (χ1n) is 14.3. The fourth-order valence-electron chi connectivity index (χ4n) is 6.41. The second-order valence-corrected chi connectivity index (χ2v) is 11.7. The molecule has 15 heteroatoms. The van der Waals surface area contributed by atoms with Gasteiger partial charge in [-0.25, -0.2) is 0 Å². The topological polar surface area (TPSA) is 269 Å². The van der Waals surface area contributed by atoms with Gasteiger partial charge < -0.3 is 78.1 Å². The summed E-state index contributed by atoms with van der Waals surface area (Å²) < 4.78 is 30.2. The van der Waals surface area contributed by atoms with Crippen LogP contribution in [0.1, 0.15) is 32.6 Å². The maximum atomic E-state index is 11.2. The maximum absolute atomic E-state index is 11.2. The van der Waals surface area contributed by atoms with E-state index in [1.165, 1.54) is 0 Å². The standard InChI is InChI=1S/C25H50N6O9/c1-9(31-2)15-4-3-11(27)21(37-15)17-12(28)6-13(29)19(34)23(17)40-25-20(35)22(16(8-32)38-25)39-24-18(30)14(33)5-10(7-26)36-24/h9-25,31-35H,3-8,26-30H2,1-2H3/t9-,10+,11+,12-,13+,14-,15?,16+,17-,18+,19-,20+,21?,22+,23-,24+,25-/m0/s1. The molecule has 4 rings (SSSR count). The van der Waals surface area contributed by atoms with E-state index in [1.807, 2.05) is 14.0 Å². The van der Waals surface area contributed by atoms with Crippen LogP contribution in [0.3, 0.4) is 0 Å². The number of rotatable bonds is 9. The number of ether oxygens (including phenoxy) is 5. The van der Waals surface area contributed by atoms with Crippen molar-refractivity contribution in [2.75, 3.05) is 20.2 Å². The van der Waals surface area contributed by atoms with Crippen molar-refractivity contribution in [3.8, 4) is 0 Å².